The van der Waals surface area contributed by atoms with Crippen molar-refractivity contribution in [3.63, 3.8) is 0 Å². The lowest BCUT2D eigenvalue weighted by Crippen LogP contribution is -2.33. The van der Waals surface area contributed by atoms with Crippen LogP contribution in [0.5, 0.6) is 5.75 Å². The van der Waals surface area contributed by atoms with E-state index in [-0.39, 0.29) is 0 Å². The standard InChI is InChI=1S/C14H19NO/c1-10-14(7-3-4-8-14)12-9-11(16-2)5-6-13(12)15-10/h5-6,9-10,15H,3-4,7-8H2,1-2H3. The molecular weight excluding hydrogens is 198 g/mol. The lowest BCUT2D eigenvalue weighted by atomic mass is 9.76. The molecule has 1 aromatic rings. The largest absolute Gasteiger partial charge is 0.497 e. The number of nitrogens with one attached hydrogen (secondary N) is 1. The van der Waals surface area contributed by atoms with Gasteiger partial charge in [-0.25, -0.2) is 0 Å². The molecule has 0 aromatic heterocycles. The summed E-state index contributed by atoms with van der Waals surface area (Å²) >= 11 is 0. The Hall–Kier alpha value is -1.18. The van der Waals surface area contributed by atoms with Crippen molar-refractivity contribution in [2.24, 2.45) is 0 Å². The number of methoxy groups -OCH3 is 1. The van der Waals surface area contributed by atoms with Crippen molar-refractivity contribution in [3.05, 3.63) is 23.8 Å². The highest BCUT2D eigenvalue weighted by Gasteiger charge is 2.46. The number of benzene rings is 1. The van der Waals surface area contributed by atoms with Gasteiger partial charge in [0.25, 0.3) is 0 Å². The minimum Gasteiger partial charge on any atom is -0.497 e. The summed E-state index contributed by atoms with van der Waals surface area (Å²) in [4.78, 5) is 0. The van der Waals surface area contributed by atoms with E-state index in [4.69, 9.17) is 4.74 Å². The zero-order valence-corrected chi connectivity index (χ0v) is 10.0. The second kappa shape index (κ2) is 3.41. The Kier molecular flexibility index (Phi) is 2.13. The average molecular weight is 217 g/mol. The molecule has 1 heterocycles. The van der Waals surface area contributed by atoms with Crippen LogP contribution in [0.3, 0.4) is 0 Å². The van der Waals surface area contributed by atoms with Gasteiger partial charge in [-0.1, -0.05) is 12.8 Å². The number of hydrogen-bond acceptors (Lipinski definition) is 2. The minimum absolute atomic E-state index is 0.379. The molecule has 1 saturated carbocycles. The molecule has 2 aliphatic rings. The predicted molar refractivity (Wildman–Crippen MR) is 66.2 cm³/mol. The van der Waals surface area contributed by atoms with Gasteiger partial charge in [0.15, 0.2) is 0 Å². The molecule has 1 aliphatic heterocycles. The first kappa shape index (κ1) is 10.0. The van der Waals surface area contributed by atoms with Crippen molar-refractivity contribution in [1.29, 1.82) is 0 Å². The fourth-order valence-corrected chi connectivity index (χ4v) is 3.50. The van der Waals surface area contributed by atoms with Crippen molar-refractivity contribution >= 4 is 5.69 Å². The van der Waals surface area contributed by atoms with E-state index in [0.717, 1.165) is 5.75 Å². The van der Waals surface area contributed by atoms with Crippen LogP contribution in [-0.2, 0) is 5.41 Å². The Labute approximate surface area is 97.0 Å². The van der Waals surface area contributed by atoms with Crippen LogP contribution in [0.15, 0.2) is 18.2 Å². The lowest BCUT2D eigenvalue weighted by molar-refractivity contribution is 0.398. The Morgan fingerprint density at radius 1 is 1.31 bits per heavy atom. The van der Waals surface area contributed by atoms with Gasteiger partial charge in [0, 0.05) is 17.1 Å². The molecule has 86 valence electrons. The zero-order chi connectivity index (χ0) is 11.2. The van der Waals surface area contributed by atoms with Crippen molar-refractivity contribution in [2.75, 3.05) is 12.4 Å². The number of anilines is 1. The maximum Gasteiger partial charge on any atom is 0.119 e. The highest BCUT2D eigenvalue weighted by molar-refractivity contribution is 5.64. The van der Waals surface area contributed by atoms with Gasteiger partial charge in [-0.3, -0.25) is 0 Å². The van der Waals surface area contributed by atoms with Crippen LogP contribution in [0, 0.1) is 0 Å². The Balaban J connectivity index is 2.10. The van der Waals surface area contributed by atoms with Gasteiger partial charge in [-0.2, -0.15) is 0 Å². The van der Waals surface area contributed by atoms with Crippen LogP contribution < -0.4 is 10.1 Å². The fraction of sp³-hybridized carbons (Fsp3) is 0.571. The molecule has 16 heavy (non-hydrogen) atoms. The Morgan fingerprint density at radius 3 is 2.75 bits per heavy atom. The molecular formula is C14H19NO. The summed E-state index contributed by atoms with van der Waals surface area (Å²) in [5.41, 5.74) is 3.18. The third kappa shape index (κ3) is 1.19. The van der Waals surface area contributed by atoms with Gasteiger partial charge in [-0.05, 0) is 43.5 Å². The minimum atomic E-state index is 0.379. The monoisotopic (exact) mass is 217 g/mol. The lowest BCUT2D eigenvalue weighted by Gasteiger charge is -2.29. The van der Waals surface area contributed by atoms with E-state index in [1.165, 1.54) is 36.9 Å². The highest BCUT2D eigenvalue weighted by Crippen LogP contribution is 2.52. The molecule has 3 rings (SSSR count). The molecule has 0 amide bonds. The molecule has 1 spiro atoms. The van der Waals surface area contributed by atoms with Crippen LogP contribution in [0.25, 0.3) is 0 Å². The molecule has 1 fully saturated rings. The summed E-state index contributed by atoms with van der Waals surface area (Å²) in [5.74, 6) is 0.987. The van der Waals surface area contributed by atoms with E-state index in [1.807, 2.05) is 6.07 Å². The predicted octanol–water partition coefficient (Wildman–Crippen LogP) is 3.32. The molecule has 0 radical (unpaired) electrons. The van der Waals surface area contributed by atoms with Crippen molar-refractivity contribution in [1.82, 2.24) is 0 Å². The van der Waals surface area contributed by atoms with Crippen LogP contribution in [0.4, 0.5) is 5.69 Å². The van der Waals surface area contributed by atoms with Gasteiger partial charge < -0.3 is 10.1 Å². The molecule has 0 bridgehead atoms. The smallest absolute Gasteiger partial charge is 0.119 e. The normalized spacial score (nSPS) is 25.5. The number of hydrogen-bond donors (Lipinski definition) is 1. The summed E-state index contributed by atoms with van der Waals surface area (Å²) < 4.78 is 5.35. The third-order valence-electron chi connectivity index (χ3n) is 4.46. The molecule has 2 heteroatoms. The summed E-state index contributed by atoms with van der Waals surface area (Å²) in [6, 6.07) is 7.01. The van der Waals surface area contributed by atoms with Crippen LogP contribution in [-0.4, -0.2) is 13.2 Å². The van der Waals surface area contributed by atoms with Crippen molar-refractivity contribution in [3.8, 4) is 5.75 Å². The van der Waals surface area contributed by atoms with Crippen molar-refractivity contribution < 1.29 is 4.74 Å². The van der Waals surface area contributed by atoms with E-state index in [2.05, 4.69) is 24.4 Å². The van der Waals surface area contributed by atoms with E-state index < -0.39 is 0 Å². The second-order valence-electron chi connectivity index (χ2n) is 5.14. The first-order valence-corrected chi connectivity index (χ1v) is 6.21. The molecule has 1 aromatic carbocycles. The van der Waals surface area contributed by atoms with E-state index in [1.54, 1.807) is 7.11 Å². The topological polar surface area (TPSA) is 21.3 Å². The first-order valence-electron chi connectivity index (χ1n) is 6.21. The zero-order valence-electron chi connectivity index (χ0n) is 10.0. The second-order valence-corrected chi connectivity index (χ2v) is 5.14. The number of ether oxygens (including phenoxy) is 1. The van der Waals surface area contributed by atoms with Gasteiger partial charge in [0.2, 0.25) is 0 Å². The SMILES string of the molecule is COc1ccc2c(c1)C1(CCCC1)C(C)N2. The third-order valence-corrected chi connectivity index (χ3v) is 4.46. The maximum absolute atomic E-state index is 5.35. The van der Waals surface area contributed by atoms with E-state index >= 15 is 0 Å². The molecule has 1 N–H and O–H groups in total. The molecule has 0 saturated heterocycles. The molecule has 1 unspecified atom stereocenters. The van der Waals surface area contributed by atoms with E-state index in [9.17, 15) is 0 Å². The highest BCUT2D eigenvalue weighted by atomic mass is 16.5. The molecule has 1 aliphatic carbocycles. The average Bonchev–Trinajstić information content (AvgIpc) is 2.88. The van der Waals surface area contributed by atoms with E-state index in [0.29, 0.717) is 11.5 Å². The Bertz CT molecular complexity index is 407. The number of rotatable bonds is 1. The number of fused-ring (bicyclic) bond motifs is 2. The Morgan fingerprint density at radius 2 is 2.06 bits per heavy atom. The quantitative estimate of drug-likeness (QED) is 0.779. The fourth-order valence-electron chi connectivity index (χ4n) is 3.50. The van der Waals surface area contributed by atoms with Crippen LogP contribution in [0.1, 0.15) is 38.2 Å². The van der Waals surface area contributed by atoms with Crippen molar-refractivity contribution in [2.45, 2.75) is 44.1 Å². The van der Waals surface area contributed by atoms with Gasteiger partial charge in [0.05, 0.1) is 7.11 Å². The van der Waals surface area contributed by atoms with Gasteiger partial charge >= 0.3 is 0 Å². The van der Waals surface area contributed by atoms with Crippen LogP contribution in [0.2, 0.25) is 0 Å². The molecule has 2 nitrogen and oxygen atoms in total. The van der Waals surface area contributed by atoms with Crippen LogP contribution >= 0.6 is 0 Å². The summed E-state index contributed by atoms with van der Waals surface area (Å²) in [6.07, 6.45) is 5.37. The van der Waals surface area contributed by atoms with Gasteiger partial charge in [-0.15, -0.1) is 0 Å². The summed E-state index contributed by atoms with van der Waals surface area (Å²) in [6.45, 7) is 2.32. The molecule has 1 atom stereocenters. The first-order chi connectivity index (χ1) is 7.76. The van der Waals surface area contributed by atoms with Gasteiger partial charge in [0.1, 0.15) is 5.75 Å². The summed E-state index contributed by atoms with van der Waals surface area (Å²) in [7, 11) is 1.74. The maximum atomic E-state index is 5.35. The summed E-state index contributed by atoms with van der Waals surface area (Å²) in [5, 5.41) is 3.63.